The van der Waals surface area contributed by atoms with E-state index in [2.05, 4.69) is 10.2 Å². The number of benzene rings is 1. The van der Waals surface area contributed by atoms with Crippen LogP contribution in [0.1, 0.15) is 19.4 Å². The molecule has 2 rings (SSSR count). The van der Waals surface area contributed by atoms with Gasteiger partial charge in [0.05, 0.1) is 18.6 Å². The largest absolute Gasteiger partial charge is 0.395 e. The minimum atomic E-state index is -4.20. The lowest BCUT2D eigenvalue weighted by Crippen LogP contribution is -2.41. The van der Waals surface area contributed by atoms with Gasteiger partial charge in [0.15, 0.2) is 0 Å². The maximum absolute atomic E-state index is 12.9. The Morgan fingerprint density at radius 2 is 1.77 bits per heavy atom. The van der Waals surface area contributed by atoms with Crippen LogP contribution >= 0.6 is 0 Å². The molecule has 3 nitrogen and oxygen atoms in total. The molecule has 0 amide bonds. The van der Waals surface area contributed by atoms with Crippen LogP contribution < -0.4 is 10.2 Å². The molecule has 0 bridgehead atoms. The lowest BCUT2D eigenvalue weighted by molar-refractivity contribution is -0.209. The summed E-state index contributed by atoms with van der Waals surface area (Å²) in [6.45, 7) is 5.74. The number of hydrogen-bond acceptors (Lipinski definition) is 3. The van der Waals surface area contributed by atoms with Crippen molar-refractivity contribution < 1.29 is 17.9 Å². The molecular weight excluding hydrogens is 293 g/mol. The number of halogens is 3. The average Bonchev–Trinajstić information content (AvgIpc) is 2.47. The van der Waals surface area contributed by atoms with E-state index in [1.807, 2.05) is 24.3 Å². The van der Waals surface area contributed by atoms with Gasteiger partial charge >= 0.3 is 6.18 Å². The van der Waals surface area contributed by atoms with Crippen molar-refractivity contribution in [1.82, 2.24) is 5.32 Å². The Kier molecular flexibility index (Phi) is 5.34. The number of para-hydroxylation sites is 1. The van der Waals surface area contributed by atoms with Crippen molar-refractivity contribution in [2.24, 2.45) is 5.41 Å². The first-order valence-electron chi connectivity index (χ1n) is 7.49. The highest BCUT2D eigenvalue weighted by atomic mass is 19.4. The van der Waals surface area contributed by atoms with Gasteiger partial charge in [-0.2, -0.15) is 13.2 Å². The van der Waals surface area contributed by atoms with Gasteiger partial charge in [0, 0.05) is 31.9 Å². The fraction of sp³-hybridized carbons (Fsp3) is 0.625. The number of alkyl halides is 3. The van der Waals surface area contributed by atoms with E-state index in [0.29, 0.717) is 19.8 Å². The predicted octanol–water partition coefficient (Wildman–Crippen LogP) is 3.20. The smallest absolute Gasteiger partial charge is 0.378 e. The van der Waals surface area contributed by atoms with Crippen LogP contribution in [0, 0.1) is 5.41 Å². The highest BCUT2D eigenvalue weighted by Crippen LogP contribution is 2.36. The Labute approximate surface area is 129 Å². The monoisotopic (exact) mass is 316 g/mol. The van der Waals surface area contributed by atoms with Crippen molar-refractivity contribution >= 4 is 5.69 Å². The second-order valence-electron chi connectivity index (χ2n) is 6.21. The fourth-order valence-electron chi connectivity index (χ4n) is 2.38. The molecule has 0 radical (unpaired) electrons. The SMILES string of the molecule is CC(C)(CNCc1ccccc1N1CCOCC1)C(F)(F)F. The normalized spacial score (nSPS) is 16.9. The first-order chi connectivity index (χ1) is 10.3. The first kappa shape index (κ1) is 17.1. The van der Waals surface area contributed by atoms with Crippen molar-refractivity contribution in [1.29, 1.82) is 0 Å². The van der Waals surface area contributed by atoms with Crippen molar-refractivity contribution in [3.8, 4) is 0 Å². The second-order valence-corrected chi connectivity index (χ2v) is 6.21. The number of nitrogens with one attached hydrogen (secondary N) is 1. The molecule has 0 saturated carbocycles. The maximum Gasteiger partial charge on any atom is 0.395 e. The van der Waals surface area contributed by atoms with Crippen LogP contribution in [-0.4, -0.2) is 39.0 Å². The molecule has 0 unspecified atom stereocenters. The van der Waals surface area contributed by atoms with Gasteiger partial charge in [-0.15, -0.1) is 0 Å². The number of morpholine rings is 1. The van der Waals surface area contributed by atoms with E-state index in [1.165, 1.54) is 13.8 Å². The Bertz CT molecular complexity index is 483. The highest BCUT2D eigenvalue weighted by molar-refractivity contribution is 5.53. The molecule has 1 aromatic carbocycles. The summed E-state index contributed by atoms with van der Waals surface area (Å²) in [7, 11) is 0. The third kappa shape index (κ3) is 4.14. The van der Waals surface area contributed by atoms with E-state index < -0.39 is 11.6 Å². The summed E-state index contributed by atoms with van der Waals surface area (Å²) in [6, 6.07) is 7.83. The lowest BCUT2D eigenvalue weighted by Gasteiger charge is -2.31. The van der Waals surface area contributed by atoms with Crippen LogP contribution in [0.3, 0.4) is 0 Å². The van der Waals surface area contributed by atoms with Crippen molar-refractivity contribution in [3.05, 3.63) is 29.8 Å². The van der Waals surface area contributed by atoms with E-state index in [9.17, 15) is 13.2 Å². The summed E-state index contributed by atoms with van der Waals surface area (Å²) >= 11 is 0. The molecule has 0 aliphatic carbocycles. The minimum Gasteiger partial charge on any atom is -0.378 e. The van der Waals surface area contributed by atoms with Crippen LogP contribution in [-0.2, 0) is 11.3 Å². The molecule has 1 aromatic rings. The van der Waals surface area contributed by atoms with Crippen molar-refractivity contribution in [2.45, 2.75) is 26.6 Å². The Morgan fingerprint density at radius 3 is 2.41 bits per heavy atom. The van der Waals surface area contributed by atoms with Gasteiger partial charge in [-0.1, -0.05) is 18.2 Å². The van der Waals surface area contributed by atoms with E-state index in [4.69, 9.17) is 4.74 Å². The van der Waals surface area contributed by atoms with Crippen LogP contribution in [0.15, 0.2) is 24.3 Å². The van der Waals surface area contributed by atoms with Gasteiger partial charge in [-0.3, -0.25) is 0 Å². The Balaban J connectivity index is 1.98. The molecule has 0 atom stereocenters. The zero-order valence-electron chi connectivity index (χ0n) is 13.0. The Hall–Kier alpha value is -1.27. The molecule has 6 heteroatoms. The third-order valence-corrected chi connectivity index (χ3v) is 3.99. The molecule has 124 valence electrons. The minimum absolute atomic E-state index is 0.103. The molecule has 1 N–H and O–H groups in total. The molecule has 1 fully saturated rings. The zero-order valence-corrected chi connectivity index (χ0v) is 13.0. The molecular formula is C16H23F3N2O. The van der Waals surface area contributed by atoms with Gasteiger partial charge < -0.3 is 15.0 Å². The number of nitrogens with zero attached hydrogens (tertiary/aromatic N) is 1. The van der Waals surface area contributed by atoms with Gasteiger partial charge in [0.1, 0.15) is 0 Å². The molecule has 1 saturated heterocycles. The van der Waals surface area contributed by atoms with Crippen LogP contribution in [0.2, 0.25) is 0 Å². The maximum atomic E-state index is 12.9. The van der Waals surface area contributed by atoms with Crippen LogP contribution in [0.25, 0.3) is 0 Å². The van der Waals surface area contributed by atoms with E-state index >= 15 is 0 Å². The topological polar surface area (TPSA) is 24.5 Å². The zero-order chi connectivity index (χ0) is 16.2. The standard InChI is InChI=1S/C16H23F3N2O/c1-15(2,16(17,18)19)12-20-11-13-5-3-4-6-14(13)21-7-9-22-10-8-21/h3-6,20H,7-12H2,1-2H3. The van der Waals surface area contributed by atoms with E-state index in [-0.39, 0.29) is 6.54 Å². The summed E-state index contributed by atoms with van der Waals surface area (Å²) < 4.78 is 43.9. The summed E-state index contributed by atoms with van der Waals surface area (Å²) in [6.07, 6.45) is -4.20. The Morgan fingerprint density at radius 1 is 1.14 bits per heavy atom. The van der Waals surface area contributed by atoms with Crippen LogP contribution in [0.5, 0.6) is 0 Å². The predicted molar refractivity (Wildman–Crippen MR) is 81.0 cm³/mol. The quantitative estimate of drug-likeness (QED) is 0.903. The molecule has 0 aromatic heterocycles. The molecule has 0 spiro atoms. The van der Waals surface area contributed by atoms with E-state index in [0.717, 1.165) is 24.3 Å². The lowest BCUT2D eigenvalue weighted by atomic mass is 9.92. The fourth-order valence-corrected chi connectivity index (χ4v) is 2.38. The summed E-state index contributed by atoms with van der Waals surface area (Å²) in [5.74, 6) is 0. The van der Waals surface area contributed by atoms with Gasteiger partial charge in [0.2, 0.25) is 0 Å². The molecule has 22 heavy (non-hydrogen) atoms. The number of ether oxygens (including phenoxy) is 1. The van der Waals surface area contributed by atoms with E-state index in [1.54, 1.807) is 0 Å². The summed E-state index contributed by atoms with van der Waals surface area (Å²) in [5.41, 5.74) is 0.353. The first-order valence-corrected chi connectivity index (χ1v) is 7.49. The molecule has 1 heterocycles. The van der Waals surface area contributed by atoms with Crippen LogP contribution in [0.4, 0.5) is 18.9 Å². The van der Waals surface area contributed by atoms with Gasteiger partial charge in [-0.25, -0.2) is 0 Å². The second kappa shape index (κ2) is 6.87. The summed E-state index contributed by atoms with van der Waals surface area (Å²) in [5, 5.41) is 2.95. The highest BCUT2D eigenvalue weighted by Gasteiger charge is 2.46. The molecule has 1 aliphatic rings. The van der Waals surface area contributed by atoms with Gasteiger partial charge in [-0.05, 0) is 25.5 Å². The summed E-state index contributed by atoms with van der Waals surface area (Å²) in [4.78, 5) is 2.22. The number of anilines is 1. The number of hydrogen-bond donors (Lipinski definition) is 1. The third-order valence-electron chi connectivity index (χ3n) is 3.99. The van der Waals surface area contributed by atoms with Crippen molar-refractivity contribution in [3.63, 3.8) is 0 Å². The van der Waals surface area contributed by atoms with Gasteiger partial charge in [0.25, 0.3) is 0 Å². The number of rotatable bonds is 5. The van der Waals surface area contributed by atoms with Crippen molar-refractivity contribution in [2.75, 3.05) is 37.7 Å². The molecule has 1 aliphatic heterocycles. The average molecular weight is 316 g/mol.